The van der Waals surface area contributed by atoms with Crippen LogP contribution < -0.4 is 10.2 Å². The van der Waals surface area contributed by atoms with E-state index in [0.717, 1.165) is 44.2 Å². The molecule has 4 heteroatoms. The van der Waals surface area contributed by atoms with Gasteiger partial charge in [-0.05, 0) is 13.8 Å². The van der Waals surface area contributed by atoms with E-state index in [1.165, 1.54) is 11.3 Å². The summed E-state index contributed by atoms with van der Waals surface area (Å²) in [5.41, 5.74) is 2.48. The molecule has 0 saturated carbocycles. The van der Waals surface area contributed by atoms with Gasteiger partial charge in [-0.1, -0.05) is 6.92 Å². The monoisotopic (exact) mass is 220 g/mol. The van der Waals surface area contributed by atoms with E-state index >= 15 is 0 Å². The Bertz CT molecular complexity index is 372. The molecule has 1 N–H and O–H groups in total. The Morgan fingerprint density at radius 3 is 2.50 bits per heavy atom. The molecule has 0 unspecified atom stereocenters. The number of anilines is 1. The Labute approximate surface area is 97.1 Å². The maximum Gasteiger partial charge on any atom is 0.137 e. The van der Waals surface area contributed by atoms with Gasteiger partial charge in [0.25, 0.3) is 0 Å². The quantitative estimate of drug-likeness (QED) is 0.834. The van der Waals surface area contributed by atoms with Gasteiger partial charge in [0, 0.05) is 38.2 Å². The molecule has 1 aliphatic rings. The first kappa shape index (κ1) is 11.3. The number of aryl methyl sites for hydroxylation is 1. The fourth-order valence-corrected chi connectivity index (χ4v) is 2.14. The second-order valence-electron chi connectivity index (χ2n) is 4.02. The van der Waals surface area contributed by atoms with Crippen LogP contribution in [0.15, 0.2) is 0 Å². The Morgan fingerprint density at radius 2 is 1.88 bits per heavy atom. The van der Waals surface area contributed by atoms with Crippen LogP contribution in [0.5, 0.6) is 0 Å². The van der Waals surface area contributed by atoms with E-state index < -0.39 is 0 Å². The van der Waals surface area contributed by atoms with Crippen LogP contribution in [0.1, 0.15) is 37.9 Å². The van der Waals surface area contributed by atoms with E-state index in [2.05, 4.69) is 41.0 Å². The van der Waals surface area contributed by atoms with Crippen LogP contribution in [0, 0.1) is 0 Å². The van der Waals surface area contributed by atoms with Crippen LogP contribution in [0.3, 0.4) is 0 Å². The van der Waals surface area contributed by atoms with E-state index in [9.17, 15) is 0 Å². The third-order valence-electron chi connectivity index (χ3n) is 3.09. The highest BCUT2D eigenvalue weighted by atomic mass is 15.2. The second-order valence-corrected chi connectivity index (χ2v) is 4.02. The van der Waals surface area contributed by atoms with Crippen molar-refractivity contribution in [3.63, 3.8) is 0 Å². The molecule has 1 aromatic rings. The van der Waals surface area contributed by atoms with Gasteiger partial charge in [-0.25, -0.2) is 9.97 Å². The van der Waals surface area contributed by atoms with Crippen LogP contribution in [-0.4, -0.2) is 23.1 Å². The Kier molecular flexibility index (Phi) is 3.39. The highest BCUT2D eigenvalue weighted by Crippen LogP contribution is 2.24. The molecule has 0 radical (unpaired) electrons. The number of hydrogen-bond acceptors (Lipinski definition) is 4. The molecule has 0 atom stereocenters. The summed E-state index contributed by atoms with van der Waals surface area (Å²) in [7, 11) is 0. The minimum Gasteiger partial charge on any atom is -0.357 e. The first-order chi connectivity index (χ1) is 7.80. The van der Waals surface area contributed by atoms with Crippen molar-refractivity contribution in [2.75, 3.05) is 18.0 Å². The van der Waals surface area contributed by atoms with Crippen molar-refractivity contribution in [3.8, 4) is 0 Å². The second kappa shape index (κ2) is 4.78. The molecule has 0 aromatic carbocycles. The van der Waals surface area contributed by atoms with Gasteiger partial charge in [-0.3, -0.25) is 0 Å². The molecule has 16 heavy (non-hydrogen) atoms. The molecule has 2 rings (SSSR count). The molecule has 2 heterocycles. The molecule has 0 fully saturated rings. The van der Waals surface area contributed by atoms with E-state index in [4.69, 9.17) is 0 Å². The average molecular weight is 220 g/mol. The zero-order valence-corrected chi connectivity index (χ0v) is 10.4. The summed E-state index contributed by atoms with van der Waals surface area (Å²) in [5, 5.41) is 3.35. The molecule has 88 valence electrons. The van der Waals surface area contributed by atoms with Crippen molar-refractivity contribution in [3.05, 3.63) is 17.1 Å². The summed E-state index contributed by atoms with van der Waals surface area (Å²) in [5.74, 6) is 2.10. The summed E-state index contributed by atoms with van der Waals surface area (Å²) in [6, 6.07) is 0. The van der Waals surface area contributed by atoms with Crippen LogP contribution >= 0.6 is 0 Å². The predicted molar refractivity (Wildman–Crippen MR) is 65.5 cm³/mol. The SMILES string of the molecule is CCc1nc2c(c(N(CC)CC)n1)CNC2. The van der Waals surface area contributed by atoms with Crippen molar-refractivity contribution in [1.82, 2.24) is 15.3 Å². The zero-order chi connectivity index (χ0) is 11.5. The number of fused-ring (bicyclic) bond motifs is 1. The summed E-state index contributed by atoms with van der Waals surface area (Å²) in [4.78, 5) is 11.6. The molecule has 0 aliphatic carbocycles. The lowest BCUT2D eigenvalue weighted by atomic mass is 10.2. The summed E-state index contributed by atoms with van der Waals surface area (Å²) >= 11 is 0. The minimum absolute atomic E-state index is 0.888. The van der Waals surface area contributed by atoms with Gasteiger partial charge >= 0.3 is 0 Å². The molecule has 0 saturated heterocycles. The molecule has 0 bridgehead atoms. The highest BCUT2D eigenvalue weighted by molar-refractivity contribution is 5.50. The minimum atomic E-state index is 0.888. The highest BCUT2D eigenvalue weighted by Gasteiger charge is 2.20. The first-order valence-electron chi connectivity index (χ1n) is 6.14. The average Bonchev–Trinajstić information content (AvgIpc) is 2.78. The largest absolute Gasteiger partial charge is 0.357 e. The summed E-state index contributed by atoms with van der Waals surface area (Å²) < 4.78 is 0. The van der Waals surface area contributed by atoms with Crippen LogP contribution in [0.2, 0.25) is 0 Å². The van der Waals surface area contributed by atoms with E-state index in [1.54, 1.807) is 0 Å². The molecule has 1 aliphatic heterocycles. The Hall–Kier alpha value is -1.16. The van der Waals surface area contributed by atoms with Crippen molar-refractivity contribution >= 4 is 5.82 Å². The van der Waals surface area contributed by atoms with Gasteiger partial charge in [0.1, 0.15) is 11.6 Å². The lowest BCUT2D eigenvalue weighted by Crippen LogP contribution is -2.25. The number of aromatic nitrogens is 2. The van der Waals surface area contributed by atoms with E-state index in [0.29, 0.717) is 0 Å². The Balaban J connectivity index is 2.46. The summed E-state index contributed by atoms with van der Waals surface area (Å²) in [6.07, 6.45) is 0.904. The summed E-state index contributed by atoms with van der Waals surface area (Å²) in [6.45, 7) is 10.3. The third kappa shape index (κ3) is 1.89. The third-order valence-corrected chi connectivity index (χ3v) is 3.09. The number of nitrogens with zero attached hydrogens (tertiary/aromatic N) is 3. The van der Waals surface area contributed by atoms with Crippen LogP contribution in [0.4, 0.5) is 5.82 Å². The Morgan fingerprint density at radius 1 is 1.12 bits per heavy atom. The maximum absolute atomic E-state index is 4.68. The lowest BCUT2D eigenvalue weighted by Gasteiger charge is -2.22. The van der Waals surface area contributed by atoms with Gasteiger partial charge in [0.05, 0.1) is 5.69 Å². The van der Waals surface area contributed by atoms with Crippen LogP contribution in [-0.2, 0) is 19.5 Å². The van der Waals surface area contributed by atoms with E-state index in [1.807, 2.05) is 0 Å². The van der Waals surface area contributed by atoms with Crippen molar-refractivity contribution < 1.29 is 0 Å². The van der Waals surface area contributed by atoms with Crippen LogP contribution in [0.25, 0.3) is 0 Å². The fourth-order valence-electron chi connectivity index (χ4n) is 2.14. The first-order valence-corrected chi connectivity index (χ1v) is 6.14. The van der Waals surface area contributed by atoms with Gasteiger partial charge < -0.3 is 10.2 Å². The lowest BCUT2D eigenvalue weighted by molar-refractivity contribution is 0.754. The number of nitrogens with one attached hydrogen (secondary N) is 1. The van der Waals surface area contributed by atoms with Crippen molar-refractivity contribution in [1.29, 1.82) is 0 Å². The van der Waals surface area contributed by atoms with Crippen molar-refractivity contribution in [2.45, 2.75) is 40.3 Å². The molecular weight excluding hydrogens is 200 g/mol. The smallest absolute Gasteiger partial charge is 0.137 e. The molecular formula is C12H20N4. The van der Waals surface area contributed by atoms with Gasteiger partial charge in [0.2, 0.25) is 0 Å². The predicted octanol–water partition coefficient (Wildman–Crippen LogP) is 1.49. The zero-order valence-electron chi connectivity index (χ0n) is 10.4. The van der Waals surface area contributed by atoms with Gasteiger partial charge in [-0.2, -0.15) is 0 Å². The normalized spacial score (nSPS) is 13.9. The maximum atomic E-state index is 4.68. The van der Waals surface area contributed by atoms with Gasteiger partial charge in [0.15, 0.2) is 0 Å². The van der Waals surface area contributed by atoms with Crippen molar-refractivity contribution in [2.24, 2.45) is 0 Å². The van der Waals surface area contributed by atoms with E-state index in [-0.39, 0.29) is 0 Å². The molecule has 0 amide bonds. The van der Waals surface area contributed by atoms with Gasteiger partial charge in [-0.15, -0.1) is 0 Å². The standard InChI is InChI=1S/C12H20N4/c1-4-11-14-10-8-13-7-9(10)12(15-11)16(5-2)6-3/h13H,4-8H2,1-3H3. The molecule has 4 nitrogen and oxygen atoms in total. The number of hydrogen-bond donors (Lipinski definition) is 1. The molecule has 1 aromatic heterocycles. The fraction of sp³-hybridized carbons (Fsp3) is 0.667. The number of rotatable bonds is 4. The molecule has 0 spiro atoms. The topological polar surface area (TPSA) is 41.1 Å².